The van der Waals surface area contributed by atoms with E-state index in [1.54, 1.807) is 19.2 Å². The van der Waals surface area contributed by atoms with Crippen LogP contribution >= 0.6 is 0 Å². The van der Waals surface area contributed by atoms with E-state index in [-0.39, 0.29) is 5.82 Å². The van der Waals surface area contributed by atoms with Crippen molar-refractivity contribution in [1.29, 1.82) is 0 Å². The van der Waals surface area contributed by atoms with Gasteiger partial charge in [-0.15, -0.1) is 0 Å². The normalized spacial score (nSPS) is 15.3. The molecule has 1 aromatic carbocycles. The van der Waals surface area contributed by atoms with E-state index in [1.807, 2.05) is 0 Å². The Morgan fingerprint density at radius 1 is 1.50 bits per heavy atom. The van der Waals surface area contributed by atoms with E-state index in [0.717, 1.165) is 12.5 Å². The average molecular weight is 195 g/mol. The van der Waals surface area contributed by atoms with Crippen molar-refractivity contribution in [3.63, 3.8) is 0 Å². The van der Waals surface area contributed by atoms with E-state index >= 15 is 0 Å². The third kappa shape index (κ3) is 2.16. The molecule has 3 heteroatoms. The summed E-state index contributed by atoms with van der Waals surface area (Å²) in [5.74, 6) is 1.21. The van der Waals surface area contributed by atoms with Gasteiger partial charge in [0.25, 0.3) is 0 Å². The van der Waals surface area contributed by atoms with Crippen molar-refractivity contribution in [2.45, 2.75) is 12.8 Å². The lowest BCUT2D eigenvalue weighted by Crippen LogP contribution is -2.05. The number of hydrogen-bond acceptors (Lipinski definition) is 2. The Kier molecular flexibility index (Phi) is 2.57. The molecule has 0 aromatic heterocycles. The Morgan fingerprint density at radius 2 is 2.29 bits per heavy atom. The standard InChI is InChI=1S/C11H14FNO/c1-14-9-4-5-10(12)11(6-9)13-7-8-2-3-8/h4-6,8,13H,2-3,7H2,1H3. The molecule has 76 valence electrons. The first-order valence-electron chi connectivity index (χ1n) is 4.87. The van der Waals surface area contributed by atoms with Crippen LogP contribution in [0.5, 0.6) is 5.75 Å². The summed E-state index contributed by atoms with van der Waals surface area (Å²) in [6.45, 7) is 0.865. The fourth-order valence-corrected chi connectivity index (χ4v) is 1.34. The fraction of sp³-hybridized carbons (Fsp3) is 0.455. The van der Waals surface area contributed by atoms with E-state index in [1.165, 1.54) is 18.9 Å². The molecule has 1 aromatic rings. The van der Waals surface area contributed by atoms with Gasteiger partial charge in [0.2, 0.25) is 0 Å². The second-order valence-electron chi connectivity index (χ2n) is 3.67. The summed E-state index contributed by atoms with van der Waals surface area (Å²) in [7, 11) is 1.58. The van der Waals surface area contributed by atoms with Gasteiger partial charge in [-0.2, -0.15) is 0 Å². The van der Waals surface area contributed by atoms with Gasteiger partial charge < -0.3 is 10.1 Å². The minimum Gasteiger partial charge on any atom is -0.497 e. The van der Waals surface area contributed by atoms with Crippen molar-refractivity contribution in [2.24, 2.45) is 5.92 Å². The molecule has 0 unspecified atom stereocenters. The highest BCUT2D eigenvalue weighted by atomic mass is 19.1. The summed E-state index contributed by atoms with van der Waals surface area (Å²) in [5.41, 5.74) is 0.538. The molecular weight excluding hydrogens is 181 g/mol. The summed E-state index contributed by atoms with van der Waals surface area (Å²) in [6.07, 6.45) is 2.52. The predicted octanol–water partition coefficient (Wildman–Crippen LogP) is 2.66. The van der Waals surface area contributed by atoms with Crippen LogP contribution in [0.25, 0.3) is 0 Å². The molecule has 0 bridgehead atoms. The van der Waals surface area contributed by atoms with Gasteiger partial charge in [0, 0.05) is 12.6 Å². The topological polar surface area (TPSA) is 21.3 Å². The molecule has 1 fully saturated rings. The number of hydrogen-bond donors (Lipinski definition) is 1. The molecule has 1 saturated carbocycles. The van der Waals surface area contributed by atoms with Crippen LogP contribution < -0.4 is 10.1 Å². The zero-order valence-corrected chi connectivity index (χ0v) is 8.22. The van der Waals surface area contributed by atoms with Gasteiger partial charge in [0.1, 0.15) is 11.6 Å². The van der Waals surface area contributed by atoms with E-state index in [4.69, 9.17) is 4.74 Å². The third-order valence-electron chi connectivity index (χ3n) is 2.45. The quantitative estimate of drug-likeness (QED) is 0.797. The molecule has 14 heavy (non-hydrogen) atoms. The van der Waals surface area contributed by atoms with Crippen molar-refractivity contribution in [3.05, 3.63) is 24.0 Å². The number of benzene rings is 1. The summed E-state index contributed by atoms with van der Waals surface area (Å²) in [4.78, 5) is 0. The maximum atomic E-state index is 13.3. The number of halogens is 1. The maximum absolute atomic E-state index is 13.3. The average Bonchev–Trinajstić information content (AvgIpc) is 3.00. The van der Waals surface area contributed by atoms with E-state index in [0.29, 0.717) is 11.4 Å². The Balaban J connectivity index is 2.04. The first-order valence-corrected chi connectivity index (χ1v) is 4.87. The summed E-state index contributed by atoms with van der Waals surface area (Å²) in [6, 6.07) is 4.74. The molecule has 2 rings (SSSR count). The monoisotopic (exact) mass is 195 g/mol. The third-order valence-corrected chi connectivity index (χ3v) is 2.45. The van der Waals surface area contributed by atoms with Crippen molar-refractivity contribution in [2.75, 3.05) is 19.0 Å². The number of anilines is 1. The van der Waals surface area contributed by atoms with Gasteiger partial charge in [-0.3, -0.25) is 0 Å². The number of ether oxygens (including phenoxy) is 1. The summed E-state index contributed by atoms with van der Waals surface area (Å²) in [5, 5.41) is 3.09. The zero-order valence-electron chi connectivity index (χ0n) is 8.22. The molecule has 1 N–H and O–H groups in total. The molecule has 0 amide bonds. The van der Waals surface area contributed by atoms with Crippen molar-refractivity contribution in [1.82, 2.24) is 0 Å². The molecule has 0 saturated heterocycles. The van der Waals surface area contributed by atoms with Crippen LogP contribution in [0, 0.1) is 11.7 Å². The number of methoxy groups -OCH3 is 1. The Hall–Kier alpha value is -1.25. The lowest BCUT2D eigenvalue weighted by Gasteiger charge is -2.08. The Morgan fingerprint density at radius 3 is 2.93 bits per heavy atom. The lowest BCUT2D eigenvalue weighted by molar-refractivity contribution is 0.414. The van der Waals surface area contributed by atoms with Crippen LogP contribution in [0.15, 0.2) is 18.2 Å². The van der Waals surface area contributed by atoms with Crippen LogP contribution in [-0.4, -0.2) is 13.7 Å². The second-order valence-corrected chi connectivity index (χ2v) is 3.67. The molecule has 1 aliphatic carbocycles. The lowest BCUT2D eigenvalue weighted by atomic mass is 10.2. The molecule has 0 spiro atoms. The van der Waals surface area contributed by atoms with E-state index < -0.39 is 0 Å². The van der Waals surface area contributed by atoms with Crippen LogP contribution in [0.2, 0.25) is 0 Å². The highest BCUT2D eigenvalue weighted by Gasteiger charge is 2.21. The Bertz CT molecular complexity index is 323. The van der Waals surface area contributed by atoms with Gasteiger partial charge >= 0.3 is 0 Å². The van der Waals surface area contributed by atoms with E-state index in [2.05, 4.69) is 5.32 Å². The highest BCUT2D eigenvalue weighted by Crippen LogP contribution is 2.30. The van der Waals surface area contributed by atoms with Gasteiger partial charge in [0.15, 0.2) is 0 Å². The van der Waals surface area contributed by atoms with Crippen LogP contribution in [-0.2, 0) is 0 Å². The van der Waals surface area contributed by atoms with Gasteiger partial charge in [-0.25, -0.2) is 4.39 Å². The number of nitrogens with one attached hydrogen (secondary N) is 1. The van der Waals surface area contributed by atoms with Crippen LogP contribution in [0.1, 0.15) is 12.8 Å². The SMILES string of the molecule is COc1ccc(F)c(NCC2CC2)c1. The van der Waals surface area contributed by atoms with Crippen LogP contribution in [0.4, 0.5) is 10.1 Å². The fourth-order valence-electron chi connectivity index (χ4n) is 1.34. The maximum Gasteiger partial charge on any atom is 0.146 e. The van der Waals surface area contributed by atoms with Crippen molar-refractivity contribution in [3.8, 4) is 5.75 Å². The summed E-state index contributed by atoms with van der Waals surface area (Å²) < 4.78 is 18.3. The number of rotatable bonds is 4. The largest absolute Gasteiger partial charge is 0.497 e. The van der Waals surface area contributed by atoms with E-state index in [9.17, 15) is 4.39 Å². The molecule has 0 aliphatic heterocycles. The predicted molar refractivity (Wildman–Crippen MR) is 54.2 cm³/mol. The second kappa shape index (κ2) is 3.86. The molecule has 0 radical (unpaired) electrons. The zero-order chi connectivity index (χ0) is 9.97. The van der Waals surface area contributed by atoms with Gasteiger partial charge in [-0.05, 0) is 30.9 Å². The minimum atomic E-state index is -0.216. The van der Waals surface area contributed by atoms with Crippen molar-refractivity contribution >= 4 is 5.69 Å². The first kappa shape index (κ1) is 9.31. The Labute approximate surface area is 83.1 Å². The minimum absolute atomic E-state index is 0.216. The van der Waals surface area contributed by atoms with Crippen molar-refractivity contribution < 1.29 is 9.13 Å². The molecule has 0 heterocycles. The smallest absolute Gasteiger partial charge is 0.146 e. The summed E-state index contributed by atoms with van der Waals surface area (Å²) >= 11 is 0. The highest BCUT2D eigenvalue weighted by molar-refractivity contribution is 5.49. The molecular formula is C11H14FNO. The molecule has 2 nitrogen and oxygen atoms in total. The van der Waals surface area contributed by atoms with Gasteiger partial charge in [-0.1, -0.05) is 0 Å². The molecule has 1 aliphatic rings. The van der Waals surface area contributed by atoms with Crippen LogP contribution in [0.3, 0.4) is 0 Å². The first-order chi connectivity index (χ1) is 6.79. The molecule has 0 atom stereocenters. The van der Waals surface area contributed by atoms with Gasteiger partial charge in [0.05, 0.1) is 12.8 Å².